The van der Waals surface area contributed by atoms with Gasteiger partial charge >= 0.3 is 0 Å². The van der Waals surface area contributed by atoms with Gasteiger partial charge in [0.15, 0.2) is 0 Å². The fourth-order valence-corrected chi connectivity index (χ4v) is 5.29. The van der Waals surface area contributed by atoms with Gasteiger partial charge in [-0.3, -0.25) is 0 Å². The largest absolute Gasteiger partial charge is 0.0776 e. The minimum atomic E-state index is 0. The highest BCUT2D eigenvalue weighted by molar-refractivity contribution is 5.44. The van der Waals surface area contributed by atoms with Crippen molar-refractivity contribution < 1.29 is 0 Å². The predicted molar refractivity (Wildman–Crippen MR) is 59.5 cm³/mol. The van der Waals surface area contributed by atoms with E-state index in [-0.39, 0.29) is 22.3 Å². The molecule has 0 aromatic carbocycles. The second-order valence-corrected chi connectivity index (χ2v) is 4.62. The van der Waals surface area contributed by atoms with Gasteiger partial charge in [0, 0.05) is 0 Å². The zero-order chi connectivity index (χ0) is 6.62. The number of rotatable bonds is 0. The molecule has 0 spiro atoms. The van der Waals surface area contributed by atoms with Crippen molar-refractivity contribution in [3.63, 3.8) is 0 Å². The van der Waals surface area contributed by atoms with Crippen molar-refractivity contribution >= 4 is 0 Å². The maximum Gasteiger partial charge on any atom is -0.0312 e. The van der Waals surface area contributed by atoms with E-state index >= 15 is 0 Å². The van der Waals surface area contributed by atoms with E-state index in [1.165, 1.54) is 47.3 Å². The second kappa shape index (κ2) is 2.52. The van der Waals surface area contributed by atoms with Crippen LogP contribution in [0.1, 0.15) is 36.1 Å². The maximum atomic E-state index is 2.00. The summed E-state index contributed by atoms with van der Waals surface area (Å²) in [5.41, 5.74) is 0. The van der Waals surface area contributed by atoms with E-state index in [1.807, 2.05) is 13.8 Å². The van der Waals surface area contributed by atoms with Crippen LogP contribution >= 0.6 is 0 Å². The maximum absolute atomic E-state index is 2.00. The summed E-state index contributed by atoms with van der Waals surface area (Å²) in [5.74, 6) is 10.7. The highest BCUT2D eigenvalue weighted by atomic mass is 15.0. The standard InChI is InChI=1S/C8H8.C2H6.3CH4/c1-2-5-3(1)7-4(1)6(2)8(5)7;1-2;;;/h1-8H;1-2H3;3*1H4. The molecule has 0 aromatic heterocycles. The molecule has 78 valence electrons. The first-order chi connectivity index (χ1) is 5.00. The lowest BCUT2D eigenvalue weighted by molar-refractivity contribution is -0.565. The molecule has 6 aliphatic rings. The van der Waals surface area contributed by atoms with Crippen LogP contribution in [0.3, 0.4) is 0 Å². The van der Waals surface area contributed by atoms with E-state index in [0.29, 0.717) is 0 Å². The van der Waals surface area contributed by atoms with Crippen LogP contribution in [0.15, 0.2) is 0 Å². The van der Waals surface area contributed by atoms with Crippen molar-refractivity contribution in [1.82, 2.24) is 0 Å². The zero-order valence-electron chi connectivity index (χ0n) is 6.62. The third-order valence-electron chi connectivity index (χ3n) is 5.33. The van der Waals surface area contributed by atoms with Crippen LogP contribution in [0.4, 0.5) is 0 Å². The van der Waals surface area contributed by atoms with Gasteiger partial charge in [0.05, 0.1) is 0 Å². The molecule has 6 fully saturated rings. The quantitative estimate of drug-likeness (QED) is 0.532. The summed E-state index contributed by atoms with van der Waals surface area (Å²) in [4.78, 5) is 0. The first-order valence-corrected chi connectivity index (χ1v) is 5.00. The second-order valence-electron chi connectivity index (χ2n) is 4.62. The van der Waals surface area contributed by atoms with Crippen molar-refractivity contribution in [3.8, 4) is 0 Å². The van der Waals surface area contributed by atoms with Crippen LogP contribution in [0, 0.1) is 47.3 Å². The molecular weight excluding hydrogens is 156 g/mol. The van der Waals surface area contributed by atoms with E-state index in [1.54, 1.807) is 0 Å². The van der Waals surface area contributed by atoms with Crippen LogP contribution in [0.25, 0.3) is 0 Å². The van der Waals surface area contributed by atoms with E-state index in [0.717, 1.165) is 0 Å². The predicted octanol–water partition coefficient (Wildman–Crippen LogP) is 3.92. The molecule has 0 bridgehead atoms. The Morgan fingerprint density at radius 1 is 0.385 bits per heavy atom. The Morgan fingerprint density at radius 3 is 0.538 bits per heavy atom. The Labute approximate surface area is 84.1 Å². The smallest absolute Gasteiger partial charge is 0.0312 e. The Hall–Kier alpha value is 0. The highest BCUT2D eigenvalue weighted by Gasteiger charge is 2.97. The zero-order valence-corrected chi connectivity index (χ0v) is 6.62. The lowest BCUT2D eigenvalue weighted by Crippen LogP contribution is -3.00. The molecule has 0 N–H and O–H groups in total. The molecular formula is C13H26. The molecule has 0 aliphatic heterocycles. The SMILES string of the molecule is C.C.C.C12C3C4C1C1C2C3C41.CC. The summed E-state index contributed by atoms with van der Waals surface area (Å²) < 4.78 is 0. The molecule has 0 saturated heterocycles. The summed E-state index contributed by atoms with van der Waals surface area (Å²) in [7, 11) is 0. The number of hydrogen-bond donors (Lipinski definition) is 0. The third kappa shape index (κ3) is 0.521. The molecule has 0 radical (unpaired) electrons. The molecule has 0 aromatic rings. The van der Waals surface area contributed by atoms with Gasteiger partial charge in [0.2, 0.25) is 0 Å². The van der Waals surface area contributed by atoms with Gasteiger partial charge in [0.25, 0.3) is 0 Å². The number of hydrogen-bond acceptors (Lipinski definition) is 0. The summed E-state index contributed by atoms with van der Waals surface area (Å²) in [6.07, 6.45) is 0. The van der Waals surface area contributed by atoms with E-state index in [9.17, 15) is 0 Å². The lowest BCUT2D eigenvalue weighted by atomic mass is 9.01. The van der Waals surface area contributed by atoms with Crippen molar-refractivity contribution in [3.05, 3.63) is 0 Å². The van der Waals surface area contributed by atoms with Crippen LogP contribution in [0.5, 0.6) is 0 Å². The van der Waals surface area contributed by atoms with E-state index in [4.69, 9.17) is 0 Å². The average Bonchev–Trinajstić information content (AvgIpc) is 2.10. The molecule has 6 aliphatic carbocycles. The highest BCUT2D eigenvalue weighted by Crippen LogP contribution is 3.00. The van der Waals surface area contributed by atoms with Crippen molar-refractivity contribution in [1.29, 1.82) is 0 Å². The molecule has 6 rings (SSSR count). The molecule has 6 saturated carbocycles. The molecule has 0 heteroatoms. The van der Waals surface area contributed by atoms with Crippen LogP contribution < -0.4 is 0 Å². The minimum Gasteiger partial charge on any atom is -0.0776 e. The summed E-state index contributed by atoms with van der Waals surface area (Å²) in [6.45, 7) is 4.00. The monoisotopic (exact) mass is 182 g/mol. The van der Waals surface area contributed by atoms with Gasteiger partial charge in [-0.05, 0) is 47.3 Å². The molecule has 0 nitrogen and oxygen atoms in total. The van der Waals surface area contributed by atoms with E-state index < -0.39 is 0 Å². The minimum absolute atomic E-state index is 0. The summed E-state index contributed by atoms with van der Waals surface area (Å²) in [6, 6.07) is 0. The lowest BCUT2D eigenvalue weighted by Gasteiger charge is -3.03. The van der Waals surface area contributed by atoms with Gasteiger partial charge in [0.1, 0.15) is 0 Å². The van der Waals surface area contributed by atoms with Crippen LogP contribution in [-0.4, -0.2) is 0 Å². The molecule has 0 unspecified atom stereocenters. The van der Waals surface area contributed by atoms with Gasteiger partial charge in [-0.15, -0.1) is 0 Å². The Balaban J connectivity index is 0.000000162. The van der Waals surface area contributed by atoms with Gasteiger partial charge in [-0.2, -0.15) is 0 Å². The molecule has 13 heavy (non-hydrogen) atoms. The van der Waals surface area contributed by atoms with Crippen molar-refractivity contribution in [2.75, 3.05) is 0 Å². The fourth-order valence-electron chi connectivity index (χ4n) is 5.29. The van der Waals surface area contributed by atoms with Gasteiger partial charge in [-0.25, -0.2) is 0 Å². The van der Waals surface area contributed by atoms with Crippen LogP contribution in [-0.2, 0) is 0 Å². The summed E-state index contributed by atoms with van der Waals surface area (Å²) in [5, 5.41) is 0. The molecule has 0 atom stereocenters. The fraction of sp³-hybridized carbons (Fsp3) is 1.00. The summed E-state index contributed by atoms with van der Waals surface area (Å²) >= 11 is 0. The first kappa shape index (κ1) is 11.1. The Morgan fingerprint density at radius 2 is 0.462 bits per heavy atom. The topological polar surface area (TPSA) is 0 Å². The van der Waals surface area contributed by atoms with Crippen molar-refractivity contribution in [2.24, 2.45) is 47.3 Å². The Kier molecular flexibility index (Phi) is 2.15. The van der Waals surface area contributed by atoms with Gasteiger partial charge in [-0.1, -0.05) is 36.1 Å². The normalized spacial score (nSPS) is 66.9. The molecule has 0 heterocycles. The van der Waals surface area contributed by atoms with Crippen LogP contribution in [0.2, 0.25) is 0 Å². The average molecular weight is 182 g/mol. The molecule has 0 amide bonds. The third-order valence-corrected chi connectivity index (χ3v) is 5.33. The Bertz CT molecular complexity index is 110. The van der Waals surface area contributed by atoms with Crippen molar-refractivity contribution in [2.45, 2.75) is 36.1 Å². The first-order valence-electron chi connectivity index (χ1n) is 5.00. The van der Waals surface area contributed by atoms with E-state index in [2.05, 4.69) is 0 Å². The van der Waals surface area contributed by atoms with Gasteiger partial charge < -0.3 is 0 Å².